The van der Waals surface area contributed by atoms with Gasteiger partial charge in [-0.1, -0.05) is 0 Å². The quantitative estimate of drug-likeness (QED) is 0.824. The number of amides is 1. The van der Waals surface area contributed by atoms with Gasteiger partial charge in [-0.05, 0) is 39.8 Å². The van der Waals surface area contributed by atoms with Crippen molar-refractivity contribution in [1.29, 1.82) is 0 Å². The number of aromatic amines is 1. The van der Waals surface area contributed by atoms with Crippen LogP contribution in [0.3, 0.4) is 0 Å². The Morgan fingerprint density at radius 2 is 2.29 bits per heavy atom. The van der Waals surface area contributed by atoms with Gasteiger partial charge in [-0.15, -0.1) is 0 Å². The molecule has 1 fully saturated rings. The van der Waals surface area contributed by atoms with E-state index in [1.54, 1.807) is 13.4 Å². The Balaban J connectivity index is 1.75. The summed E-state index contributed by atoms with van der Waals surface area (Å²) in [5.41, 5.74) is 2.23. The van der Waals surface area contributed by atoms with Gasteiger partial charge in [0.05, 0.1) is 18.6 Å². The smallest absolute Gasteiger partial charge is 0.223 e. The van der Waals surface area contributed by atoms with E-state index < -0.39 is 0 Å². The van der Waals surface area contributed by atoms with Gasteiger partial charge in [-0.2, -0.15) is 0 Å². The molecule has 6 heteroatoms. The summed E-state index contributed by atoms with van der Waals surface area (Å²) >= 11 is 0. The van der Waals surface area contributed by atoms with E-state index in [-0.39, 0.29) is 17.9 Å². The number of hydrogen-bond donors (Lipinski definition) is 2. The molecular weight excluding hydrogens is 268 g/mol. The first-order valence-electron chi connectivity index (χ1n) is 7.60. The number of aromatic nitrogens is 2. The number of piperidine rings is 1. The molecule has 1 aromatic rings. The standard InChI is InChI=1S/C15H26N4O2/c1-11(9-21-3)18-15(20)13-4-6-19(7-5-13)8-14-12(2)16-10-17-14/h10-11,13H,4-9H2,1-3H3,(H,16,17)(H,18,20). The first kappa shape index (κ1) is 16.0. The average molecular weight is 294 g/mol. The van der Waals surface area contributed by atoms with E-state index in [1.165, 1.54) is 0 Å². The van der Waals surface area contributed by atoms with Crippen LogP contribution >= 0.6 is 0 Å². The summed E-state index contributed by atoms with van der Waals surface area (Å²) in [5.74, 6) is 0.288. The van der Waals surface area contributed by atoms with Crippen LogP contribution in [-0.2, 0) is 16.1 Å². The van der Waals surface area contributed by atoms with Crippen molar-refractivity contribution in [2.45, 2.75) is 39.3 Å². The first-order chi connectivity index (χ1) is 10.1. The third-order valence-corrected chi connectivity index (χ3v) is 4.07. The molecule has 2 rings (SSSR count). The SMILES string of the molecule is COCC(C)NC(=O)C1CCN(Cc2nc[nH]c2C)CC1. The number of hydrogen-bond acceptors (Lipinski definition) is 4. The lowest BCUT2D eigenvalue weighted by molar-refractivity contribution is -0.127. The highest BCUT2D eigenvalue weighted by Gasteiger charge is 2.26. The molecule has 2 heterocycles. The van der Waals surface area contributed by atoms with Gasteiger partial charge in [0, 0.05) is 31.3 Å². The van der Waals surface area contributed by atoms with Crippen LogP contribution in [0.25, 0.3) is 0 Å². The fourth-order valence-electron chi connectivity index (χ4n) is 2.76. The van der Waals surface area contributed by atoms with Gasteiger partial charge < -0.3 is 15.0 Å². The van der Waals surface area contributed by atoms with Crippen LogP contribution in [0, 0.1) is 12.8 Å². The lowest BCUT2D eigenvalue weighted by Gasteiger charge is -2.31. The zero-order valence-corrected chi connectivity index (χ0v) is 13.2. The average Bonchev–Trinajstić information content (AvgIpc) is 2.85. The molecule has 2 N–H and O–H groups in total. The molecule has 0 aliphatic carbocycles. The molecule has 0 saturated carbocycles. The summed E-state index contributed by atoms with van der Waals surface area (Å²) in [5, 5.41) is 3.02. The van der Waals surface area contributed by atoms with Crippen molar-refractivity contribution in [3.63, 3.8) is 0 Å². The van der Waals surface area contributed by atoms with E-state index in [4.69, 9.17) is 4.74 Å². The van der Waals surface area contributed by atoms with E-state index in [1.807, 2.05) is 13.8 Å². The lowest BCUT2D eigenvalue weighted by Crippen LogP contribution is -2.44. The van der Waals surface area contributed by atoms with E-state index >= 15 is 0 Å². The maximum Gasteiger partial charge on any atom is 0.223 e. The number of nitrogens with one attached hydrogen (secondary N) is 2. The van der Waals surface area contributed by atoms with Crippen LogP contribution < -0.4 is 5.32 Å². The molecule has 0 radical (unpaired) electrons. The van der Waals surface area contributed by atoms with E-state index in [2.05, 4.69) is 20.2 Å². The second kappa shape index (κ2) is 7.56. The van der Waals surface area contributed by atoms with Gasteiger partial charge >= 0.3 is 0 Å². The highest BCUT2D eigenvalue weighted by Crippen LogP contribution is 2.19. The van der Waals surface area contributed by atoms with Crippen molar-refractivity contribution >= 4 is 5.91 Å². The molecule has 0 aromatic carbocycles. The number of nitrogens with zero attached hydrogens (tertiary/aromatic N) is 2. The Morgan fingerprint density at radius 3 is 2.86 bits per heavy atom. The van der Waals surface area contributed by atoms with Crippen molar-refractivity contribution in [2.75, 3.05) is 26.8 Å². The van der Waals surface area contributed by atoms with E-state index in [0.29, 0.717) is 6.61 Å². The van der Waals surface area contributed by atoms with Gasteiger partial charge in [0.1, 0.15) is 0 Å². The molecule has 1 aromatic heterocycles. The maximum absolute atomic E-state index is 12.2. The zero-order chi connectivity index (χ0) is 15.2. The number of aryl methyl sites for hydroxylation is 1. The Labute approximate surface area is 126 Å². The first-order valence-corrected chi connectivity index (χ1v) is 7.60. The Hall–Kier alpha value is -1.40. The number of likely N-dealkylation sites (tertiary alicyclic amines) is 1. The second-order valence-electron chi connectivity index (χ2n) is 5.89. The summed E-state index contributed by atoms with van der Waals surface area (Å²) in [6.45, 7) is 7.33. The van der Waals surface area contributed by atoms with Crippen LogP contribution in [0.4, 0.5) is 0 Å². The molecule has 1 unspecified atom stereocenters. The summed E-state index contributed by atoms with van der Waals surface area (Å²) in [7, 11) is 1.65. The number of carbonyl (C=O) groups excluding carboxylic acids is 1. The minimum absolute atomic E-state index is 0.0761. The van der Waals surface area contributed by atoms with Gasteiger partial charge in [-0.3, -0.25) is 9.69 Å². The number of imidazole rings is 1. The van der Waals surface area contributed by atoms with Crippen LogP contribution in [0.2, 0.25) is 0 Å². The third kappa shape index (κ3) is 4.54. The maximum atomic E-state index is 12.2. The highest BCUT2D eigenvalue weighted by molar-refractivity contribution is 5.79. The normalized spacial score (nSPS) is 18.6. The van der Waals surface area contributed by atoms with Crippen molar-refractivity contribution in [3.8, 4) is 0 Å². The summed E-state index contributed by atoms with van der Waals surface area (Å²) in [4.78, 5) is 22.0. The highest BCUT2D eigenvalue weighted by atomic mass is 16.5. The molecule has 118 valence electrons. The predicted octanol–water partition coefficient (Wildman–Crippen LogP) is 1.08. The molecule has 21 heavy (non-hydrogen) atoms. The van der Waals surface area contributed by atoms with Gasteiger partial charge in [0.25, 0.3) is 0 Å². The van der Waals surface area contributed by atoms with Gasteiger partial charge in [0.15, 0.2) is 0 Å². The number of methoxy groups -OCH3 is 1. The van der Waals surface area contributed by atoms with E-state index in [0.717, 1.165) is 43.9 Å². The summed E-state index contributed by atoms with van der Waals surface area (Å²) in [6, 6.07) is 0.0761. The summed E-state index contributed by atoms with van der Waals surface area (Å²) < 4.78 is 5.05. The predicted molar refractivity (Wildman–Crippen MR) is 80.8 cm³/mol. The second-order valence-corrected chi connectivity index (χ2v) is 5.89. The van der Waals surface area contributed by atoms with Crippen LogP contribution in [0.5, 0.6) is 0 Å². The molecule has 1 atom stereocenters. The summed E-state index contributed by atoms with van der Waals surface area (Å²) in [6.07, 6.45) is 3.56. The minimum atomic E-state index is 0.0761. The fourth-order valence-corrected chi connectivity index (χ4v) is 2.76. The number of H-pyrrole nitrogens is 1. The number of carbonyl (C=O) groups is 1. The number of ether oxygens (including phenoxy) is 1. The van der Waals surface area contributed by atoms with Crippen molar-refractivity contribution < 1.29 is 9.53 Å². The van der Waals surface area contributed by atoms with Crippen LogP contribution in [0.15, 0.2) is 6.33 Å². The van der Waals surface area contributed by atoms with Gasteiger partial charge in [0.2, 0.25) is 5.91 Å². The van der Waals surface area contributed by atoms with Crippen molar-refractivity contribution in [2.24, 2.45) is 5.92 Å². The van der Waals surface area contributed by atoms with Crippen LogP contribution in [-0.4, -0.2) is 53.6 Å². The molecule has 1 aliphatic rings. The largest absolute Gasteiger partial charge is 0.383 e. The Bertz CT molecular complexity index is 452. The van der Waals surface area contributed by atoms with Crippen LogP contribution in [0.1, 0.15) is 31.2 Å². The molecule has 0 bridgehead atoms. The topological polar surface area (TPSA) is 70.2 Å². The Morgan fingerprint density at radius 1 is 1.57 bits per heavy atom. The monoisotopic (exact) mass is 294 g/mol. The molecular formula is C15H26N4O2. The Kier molecular flexibility index (Phi) is 5.76. The zero-order valence-electron chi connectivity index (χ0n) is 13.2. The van der Waals surface area contributed by atoms with Crippen molar-refractivity contribution in [3.05, 3.63) is 17.7 Å². The minimum Gasteiger partial charge on any atom is -0.383 e. The lowest BCUT2D eigenvalue weighted by atomic mass is 9.95. The third-order valence-electron chi connectivity index (χ3n) is 4.07. The van der Waals surface area contributed by atoms with E-state index in [9.17, 15) is 4.79 Å². The fraction of sp³-hybridized carbons (Fsp3) is 0.733. The molecule has 1 aliphatic heterocycles. The number of rotatable bonds is 6. The molecule has 1 saturated heterocycles. The molecule has 0 spiro atoms. The molecule has 1 amide bonds. The molecule has 6 nitrogen and oxygen atoms in total. The van der Waals surface area contributed by atoms with Crippen molar-refractivity contribution in [1.82, 2.24) is 20.2 Å². The van der Waals surface area contributed by atoms with Gasteiger partial charge in [-0.25, -0.2) is 4.98 Å².